The van der Waals surface area contributed by atoms with E-state index in [-0.39, 0.29) is 23.7 Å². The van der Waals surface area contributed by atoms with Crippen molar-refractivity contribution in [2.75, 3.05) is 65.2 Å². The highest BCUT2D eigenvalue weighted by Gasteiger charge is 2.23. The zero-order valence-electron chi connectivity index (χ0n) is 27.0. The topological polar surface area (TPSA) is 133 Å². The molecule has 0 unspecified atom stereocenters. The first-order valence-corrected chi connectivity index (χ1v) is 16.6. The van der Waals surface area contributed by atoms with Gasteiger partial charge in [0, 0.05) is 63.4 Å². The number of thiophene rings is 1. The molecule has 1 saturated carbocycles. The van der Waals surface area contributed by atoms with Gasteiger partial charge >= 0.3 is 6.03 Å². The molecule has 12 nitrogen and oxygen atoms in total. The predicted molar refractivity (Wildman–Crippen MR) is 180 cm³/mol. The fourth-order valence-electron chi connectivity index (χ4n) is 4.57. The number of ether oxygens (including phenoxy) is 5. The van der Waals surface area contributed by atoms with Crippen molar-refractivity contribution in [1.29, 1.82) is 0 Å². The number of methoxy groups -OCH3 is 1. The number of hydrogen-bond acceptors (Lipinski definition) is 10. The van der Waals surface area contributed by atoms with E-state index in [2.05, 4.69) is 20.6 Å². The number of urea groups is 1. The van der Waals surface area contributed by atoms with Crippen LogP contribution in [0.5, 0.6) is 11.5 Å². The Morgan fingerprint density at radius 3 is 2.35 bits per heavy atom. The van der Waals surface area contributed by atoms with Gasteiger partial charge in [-0.05, 0) is 42.7 Å². The van der Waals surface area contributed by atoms with E-state index in [1.807, 2.05) is 18.2 Å². The van der Waals surface area contributed by atoms with Crippen molar-refractivity contribution in [1.82, 2.24) is 20.2 Å². The minimum atomic E-state index is -0.603. The van der Waals surface area contributed by atoms with Gasteiger partial charge in [0.05, 0.1) is 67.0 Å². The Morgan fingerprint density at radius 2 is 1.69 bits per heavy atom. The molecule has 3 amide bonds. The first-order chi connectivity index (χ1) is 23.4. The van der Waals surface area contributed by atoms with Crippen LogP contribution in [0.25, 0.3) is 20.8 Å². The van der Waals surface area contributed by atoms with Gasteiger partial charge in [-0.3, -0.25) is 14.8 Å². The van der Waals surface area contributed by atoms with Gasteiger partial charge in [-0.25, -0.2) is 9.18 Å². The lowest BCUT2D eigenvalue weighted by molar-refractivity contribution is -0.130. The maximum Gasteiger partial charge on any atom is 0.319 e. The third-order valence-corrected chi connectivity index (χ3v) is 8.44. The molecule has 0 aliphatic heterocycles. The molecule has 2 N–H and O–H groups in total. The average Bonchev–Trinajstić information content (AvgIpc) is 3.77. The van der Waals surface area contributed by atoms with E-state index >= 15 is 0 Å². The quantitative estimate of drug-likeness (QED) is 0.121. The van der Waals surface area contributed by atoms with Crippen LogP contribution in [0.3, 0.4) is 0 Å². The highest BCUT2D eigenvalue weighted by atomic mass is 32.1. The number of fused-ring (bicyclic) bond motifs is 1. The summed E-state index contributed by atoms with van der Waals surface area (Å²) < 4.78 is 43.0. The summed E-state index contributed by atoms with van der Waals surface area (Å²) in [5, 5.41) is 5.45. The molecule has 1 fully saturated rings. The summed E-state index contributed by atoms with van der Waals surface area (Å²) in [6.07, 6.45) is 5.28. The molecular formula is C34H40FN5O7S. The van der Waals surface area contributed by atoms with Crippen molar-refractivity contribution >= 4 is 39.2 Å². The third kappa shape index (κ3) is 10.7. The van der Waals surface area contributed by atoms with E-state index in [0.29, 0.717) is 76.3 Å². The Morgan fingerprint density at radius 1 is 0.938 bits per heavy atom. The molecule has 1 aliphatic carbocycles. The van der Waals surface area contributed by atoms with Gasteiger partial charge in [-0.2, -0.15) is 0 Å². The number of pyridine rings is 2. The monoisotopic (exact) mass is 681 g/mol. The Kier molecular flexibility index (Phi) is 13.0. The summed E-state index contributed by atoms with van der Waals surface area (Å²) in [6, 6.07) is 11.6. The smallest absolute Gasteiger partial charge is 0.319 e. The number of carbonyl (C=O) groups is 2. The Labute approximate surface area is 282 Å². The molecule has 4 aromatic rings. The predicted octanol–water partition coefficient (Wildman–Crippen LogP) is 5.62. The molecule has 0 bridgehead atoms. The number of hydrogen-bond donors (Lipinski definition) is 2. The lowest BCUT2D eigenvalue weighted by atomic mass is 10.2. The molecule has 0 radical (unpaired) electrons. The summed E-state index contributed by atoms with van der Waals surface area (Å²) in [6.45, 7) is 5.72. The second-order valence-corrected chi connectivity index (χ2v) is 12.1. The van der Waals surface area contributed by atoms with Gasteiger partial charge in [-0.15, -0.1) is 11.3 Å². The Balaban J connectivity index is 1.12. The fraction of sp³-hybridized carbons (Fsp3) is 0.412. The highest BCUT2D eigenvalue weighted by molar-refractivity contribution is 7.22. The van der Waals surface area contributed by atoms with E-state index in [9.17, 15) is 14.0 Å². The third-order valence-electron chi connectivity index (χ3n) is 7.28. The molecule has 0 spiro atoms. The van der Waals surface area contributed by atoms with Crippen LogP contribution in [0.15, 0.2) is 54.9 Å². The first kappa shape index (κ1) is 35.1. The van der Waals surface area contributed by atoms with Crippen molar-refractivity contribution in [3.8, 4) is 22.1 Å². The number of aromatic nitrogens is 2. The number of halogens is 1. The number of carbonyl (C=O) groups excluding carboxylic acids is 2. The molecule has 0 atom stereocenters. The zero-order chi connectivity index (χ0) is 33.7. The van der Waals surface area contributed by atoms with Crippen molar-refractivity contribution < 1.29 is 37.7 Å². The van der Waals surface area contributed by atoms with E-state index < -0.39 is 5.82 Å². The largest absolute Gasteiger partial charge is 0.453 e. The van der Waals surface area contributed by atoms with Crippen LogP contribution in [-0.4, -0.2) is 92.8 Å². The minimum Gasteiger partial charge on any atom is -0.453 e. The molecule has 3 heterocycles. The molecule has 1 aliphatic rings. The van der Waals surface area contributed by atoms with Crippen molar-refractivity contribution in [2.45, 2.75) is 32.4 Å². The number of rotatable bonds is 19. The maximum absolute atomic E-state index is 14.9. The van der Waals surface area contributed by atoms with Crippen molar-refractivity contribution in [2.24, 2.45) is 0 Å². The second kappa shape index (κ2) is 17.8. The highest BCUT2D eigenvalue weighted by Crippen LogP contribution is 2.39. The van der Waals surface area contributed by atoms with Crippen LogP contribution >= 0.6 is 11.3 Å². The van der Waals surface area contributed by atoms with Crippen LogP contribution < -0.4 is 15.4 Å². The summed E-state index contributed by atoms with van der Waals surface area (Å²) in [5.74, 6) is -0.177. The summed E-state index contributed by atoms with van der Waals surface area (Å²) in [7, 11) is 1.63. The molecule has 256 valence electrons. The maximum atomic E-state index is 14.9. The van der Waals surface area contributed by atoms with E-state index in [1.54, 1.807) is 36.5 Å². The number of nitrogens with zero attached hydrogens (tertiary/aromatic N) is 3. The SMILES string of the molecule is COCCOCCOCCOCCN(Cc1ccc(-c2cc3nccc(Oc4ccc(NC(=O)NC5CC5)cc4F)c3s2)nc1)C(C)=O. The number of anilines is 1. The van der Waals surface area contributed by atoms with E-state index in [4.69, 9.17) is 23.7 Å². The molecule has 1 aromatic carbocycles. The molecular weight excluding hydrogens is 641 g/mol. The van der Waals surface area contributed by atoms with Gasteiger partial charge in [-0.1, -0.05) is 6.07 Å². The number of benzene rings is 1. The lowest BCUT2D eigenvalue weighted by Crippen LogP contribution is -2.32. The second-order valence-electron chi connectivity index (χ2n) is 11.1. The first-order valence-electron chi connectivity index (χ1n) is 15.8. The van der Waals surface area contributed by atoms with Gasteiger partial charge in [0.15, 0.2) is 11.6 Å². The summed E-state index contributed by atoms with van der Waals surface area (Å²) >= 11 is 1.43. The van der Waals surface area contributed by atoms with Gasteiger partial charge in [0.1, 0.15) is 5.75 Å². The van der Waals surface area contributed by atoms with E-state index in [1.165, 1.54) is 30.4 Å². The summed E-state index contributed by atoms with van der Waals surface area (Å²) in [4.78, 5) is 35.9. The van der Waals surface area contributed by atoms with Crippen LogP contribution in [0.2, 0.25) is 0 Å². The molecule has 3 aromatic heterocycles. The molecule has 0 saturated heterocycles. The standard InChI is InChI=1S/C34H40FN5O7S/c1-23(41)40(11-12-44-15-16-46-18-17-45-14-13-43-2)22-24-3-7-28(37-21-24)32-20-29-33(48-32)31(9-10-36-29)47-30-8-6-26(19-27(30)35)39-34(42)38-25-4-5-25/h3,6-10,19-21,25H,4-5,11-18,22H2,1-2H3,(H2,38,39,42). The number of nitrogens with one attached hydrogen (secondary N) is 2. The molecule has 5 rings (SSSR count). The molecule has 48 heavy (non-hydrogen) atoms. The Bertz CT molecular complexity index is 1650. The van der Waals surface area contributed by atoms with Gasteiger partial charge < -0.3 is 39.2 Å². The average molecular weight is 682 g/mol. The summed E-state index contributed by atoms with van der Waals surface area (Å²) in [5.41, 5.74) is 2.65. The van der Waals surface area contributed by atoms with E-state index in [0.717, 1.165) is 33.7 Å². The Hall–Kier alpha value is -4.21. The molecule has 14 heteroatoms. The van der Waals surface area contributed by atoms with Crippen LogP contribution in [0.1, 0.15) is 25.3 Å². The van der Waals surface area contributed by atoms with Crippen LogP contribution in [0, 0.1) is 5.82 Å². The van der Waals surface area contributed by atoms with Crippen LogP contribution in [0.4, 0.5) is 14.9 Å². The fourth-order valence-corrected chi connectivity index (χ4v) is 5.61. The van der Waals surface area contributed by atoms with Gasteiger partial charge in [0.25, 0.3) is 0 Å². The van der Waals surface area contributed by atoms with Crippen LogP contribution in [-0.2, 0) is 30.3 Å². The number of amides is 3. The normalized spacial score (nSPS) is 12.6. The van der Waals surface area contributed by atoms with Gasteiger partial charge in [0.2, 0.25) is 5.91 Å². The zero-order valence-corrected chi connectivity index (χ0v) is 27.9. The van der Waals surface area contributed by atoms with Crippen molar-refractivity contribution in [3.63, 3.8) is 0 Å². The lowest BCUT2D eigenvalue weighted by Gasteiger charge is -2.21. The van der Waals surface area contributed by atoms with Crippen molar-refractivity contribution in [3.05, 3.63) is 66.2 Å². The minimum absolute atomic E-state index is 0.0290.